The molecule has 0 radical (unpaired) electrons. The van der Waals surface area contributed by atoms with Crippen LogP contribution >= 0.6 is 23.5 Å². The average molecular weight is 590 g/mol. The molecule has 206 valence electrons. The molecule has 0 aliphatic heterocycles. The van der Waals surface area contributed by atoms with Crippen LogP contribution in [-0.4, -0.2) is 39.1 Å². The molecule has 0 aromatic rings. The van der Waals surface area contributed by atoms with E-state index in [4.69, 9.17) is 23.9 Å². The molecule has 11 nitrogen and oxygen atoms in total. The number of aliphatic hydroxyl groups is 1. The van der Waals surface area contributed by atoms with Gasteiger partial charge in [-0.15, -0.1) is 0 Å². The van der Waals surface area contributed by atoms with Crippen LogP contribution in [0.1, 0.15) is 105 Å². The van der Waals surface area contributed by atoms with Crippen LogP contribution in [0, 0.1) is 0 Å². The molecular weight excluding hydrogens is 545 g/mol. The van der Waals surface area contributed by atoms with Gasteiger partial charge < -0.3 is 19.8 Å². The predicted octanol–water partition coefficient (Wildman–Crippen LogP) is 6.46. The van der Waals surface area contributed by atoms with Gasteiger partial charge in [0.1, 0.15) is 0 Å². The number of hydrogen-bond donors (Lipinski definition) is 4. The monoisotopic (exact) mass is 590 g/mol. The Bertz CT molecular complexity index is 577. The van der Waals surface area contributed by atoms with Gasteiger partial charge in [-0.05, 0) is 26.7 Å². The normalized spacial score (nSPS) is 13.7. The average Bonchev–Trinajstić information content (AvgIpc) is 2.63. The standard InChI is InChI=1S/C16H37O10P3.C3H8O.Ti/c1-3-5-7-9-11-13-15-23-29(22,24-16-14-12-10-8-6-4-2)26-28(20,21)25-27(17,18)19;1-3(2)4;/h3-16H2,1-2H3,(H,20,21)(H2,17,18,19);3-4H,1-2H3;. The van der Waals surface area contributed by atoms with E-state index in [1.165, 1.54) is 0 Å². The zero-order valence-electron chi connectivity index (χ0n) is 21.0. The van der Waals surface area contributed by atoms with Crippen molar-refractivity contribution in [2.75, 3.05) is 13.2 Å². The van der Waals surface area contributed by atoms with Crippen LogP contribution in [0.5, 0.6) is 0 Å². The quantitative estimate of drug-likeness (QED) is 0.0697. The van der Waals surface area contributed by atoms with Crippen molar-refractivity contribution in [2.24, 2.45) is 0 Å². The summed E-state index contributed by atoms with van der Waals surface area (Å²) in [4.78, 5) is 26.9. The number of aliphatic hydroxyl groups excluding tert-OH is 1. The Labute approximate surface area is 220 Å². The fourth-order valence-electron chi connectivity index (χ4n) is 2.48. The van der Waals surface area contributed by atoms with E-state index in [1.807, 2.05) is 0 Å². The molecule has 4 N–H and O–H groups in total. The summed E-state index contributed by atoms with van der Waals surface area (Å²) < 4.78 is 53.4. The first-order chi connectivity index (χ1) is 15.3. The van der Waals surface area contributed by atoms with E-state index in [0.717, 1.165) is 64.2 Å². The molecule has 0 aliphatic rings. The first-order valence-electron chi connectivity index (χ1n) is 11.6. The Morgan fingerprint density at radius 3 is 1.29 bits per heavy atom. The fourth-order valence-corrected chi connectivity index (χ4v) is 6.11. The number of phosphoric ester groups is 1. The molecule has 15 heteroatoms. The van der Waals surface area contributed by atoms with Crippen LogP contribution in [0.3, 0.4) is 0 Å². The third-order valence-electron chi connectivity index (χ3n) is 3.91. The SMILES string of the molecule is CC(C)O.CCCCCCCCOP(=O)(OCCCCCCCC)OP(=O)(O)OP(=O)(O)O.[Ti]. The van der Waals surface area contributed by atoms with E-state index >= 15 is 0 Å². The van der Waals surface area contributed by atoms with Crippen LogP contribution in [0.2, 0.25) is 0 Å². The Morgan fingerprint density at radius 2 is 0.971 bits per heavy atom. The Morgan fingerprint density at radius 1 is 0.647 bits per heavy atom. The molecule has 0 bridgehead atoms. The summed E-state index contributed by atoms with van der Waals surface area (Å²) in [6.07, 6.45) is 11.1. The maximum atomic E-state index is 12.7. The molecule has 0 aromatic heterocycles. The molecule has 0 aromatic carbocycles. The van der Waals surface area contributed by atoms with Gasteiger partial charge in [-0.3, -0.25) is 9.05 Å². The van der Waals surface area contributed by atoms with Crippen molar-refractivity contribution in [3.05, 3.63) is 0 Å². The Balaban J connectivity index is -0.00000177. The zero-order valence-corrected chi connectivity index (χ0v) is 25.2. The van der Waals surface area contributed by atoms with E-state index in [-0.39, 0.29) is 41.0 Å². The number of unbranched alkanes of at least 4 members (excludes halogenated alkanes) is 10. The predicted molar refractivity (Wildman–Crippen MR) is 128 cm³/mol. The van der Waals surface area contributed by atoms with Gasteiger partial charge in [0, 0.05) is 27.8 Å². The molecule has 0 amide bonds. The minimum Gasteiger partial charge on any atom is -0.394 e. The fraction of sp³-hybridized carbons (Fsp3) is 1.00. The minimum atomic E-state index is -5.35. The maximum absolute atomic E-state index is 12.7. The Hall–Kier alpha value is 1.08. The van der Waals surface area contributed by atoms with Gasteiger partial charge in [-0.25, -0.2) is 13.7 Å². The van der Waals surface area contributed by atoms with Gasteiger partial charge in [0.05, 0.1) is 13.2 Å². The summed E-state index contributed by atoms with van der Waals surface area (Å²) in [6, 6.07) is 0. The van der Waals surface area contributed by atoms with Crippen molar-refractivity contribution in [3.8, 4) is 0 Å². The Kier molecular flexibility index (Phi) is 27.0. The molecule has 34 heavy (non-hydrogen) atoms. The van der Waals surface area contributed by atoms with Gasteiger partial charge in [-0.2, -0.15) is 8.62 Å². The van der Waals surface area contributed by atoms with E-state index in [0.29, 0.717) is 12.8 Å². The molecule has 0 saturated carbocycles. The first kappa shape index (κ1) is 39.6. The van der Waals surface area contributed by atoms with E-state index in [1.54, 1.807) is 13.8 Å². The van der Waals surface area contributed by atoms with Crippen LogP contribution in [-0.2, 0) is 53.1 Å². The molecule has 1 atom stereocenters. The van der Waals surface area contributed by atoms with Crippen molar-refractivity contribution in [1.82, 2.24) is 0 Å². The van der Waals surface area contributed by atoms with E-state index in [2.05, 4.69) is 22.5 Å². The number of phosphoric acid groups is 3. The summed E-state index contributed by atoms with van der Waals surface area (Å²) >= 11 is 0. The van der Waals surface area contributed by atoms with Gasteiger partial charge in [-0.1, -0.05) is 78.1 Å². The second kappa shape index (κ2) is 23.2. The largest absolute Gasteiger partial charge is 0.490 e. The molecule has 0 fully saturated rings. The second-order valence-electron chi connectivity index (χ2n) is 7.87. The third-order valence-corrected chi connectivity index (χ3v) is 8.21. The summed E-state index contributed by atoms with van der Waals surface area (Å²) in [5.74, 6) is 0. The van der Waals surface area contributed by atoms with Crippen LogP contribution in [0.4, 0.5) is 0 Å². The number of hydrogen-bond acceptors (Lipinski definition) is 8. The molecule has 0 aliphatic carbocycles. The van der Waals surface area contributed by atoms with Crippen molar-refractivity contribution < 1.29 is 72.9 Å². The van der Waals surface area contributed by atoms with Gasteiger partial charge >= 0.3 is 23.5 Å². The summed E-state index contributed by atoms with van der Waals surface area (Å²) in [7, 11) is -15.2. The van der Waals surface area contributed by atoms with Crippen LogP contribution in [0.25, 0.3) is 0 Å². The number of rotatable bonds is 20. The van der Waals surface area contributed by atoms with Crippen molar-refractivity contribution in [1.29, 1.82) is 0 Å². The smallest absolute Gasteiger partial charge is 0.394 e. The molecular formula is C19H45O11P3Ti. The molecule has 0 rings (SSSR count). The summed E-state index contributed by atoms with van der Waals surface area (Å²) in [5, 5.41) is 8.06. The molecule has 0 heterocycles. The second-order valence-corrected chi connectivity index (χ2v) is 12.5. The molecule has 0 saturated heterocycles. The summed E-state index contributed by atoms with van der Waals surface area (Å²) in [6.45, 7) is 7.56. The van der Waals surface area contributed by atoms with Crippen molar-refractivity contribution in [2.45, 2.75) is 111 Å². The van der Waals surface area contributed by atoms with Gasteiger partial charge in [0.2, 0.25) is 0 Å². The summed E-state index contributed by atoms with van der Waals surface area (Å²) in [5.41, 5.74) is 0. The van der Waals surface area contributed by atoms with E-state index < -0.39 is 23.5 Å². The van der Waals surface area contributed by atoms with E-state index in [9.17, 15) is 18.6 Å². The molecule has 1 unspecified atom stereocenters. The topological polar surface area (TPSA) is 169 Å². The van der Waals surface area contributed by atoms with Crippen LogP contribution in [0.15, 0.2) is 0 Å². The molecule has 0 spiro atoms. The first-order valence-corrected chi connectivity index (χ1v) is 16.1. The van der Waals surface area contributed by atoms with Crippen molar-refractivity contribution in [3.63, 3.8) is 0 Å². The minimum absolute atomic E-state index is 0. The van der Waals surface area contributed by atoms with Gasteiger partial charge in [0.15, 0.2) is 0 Å². The van der Waals surface area contributed by atoms with Crippen LogP contribution < -0.4 is 0 Å². The zero-order chi connectivity index (χ0) is 25.8. The van der Waals surface area contributed by atoms with Crippen molar-refractivity contribution >= 4 is 23.5 Å². The maximum Gasteiger partial charge on any atom is 0.490 e. The van der Waals surface area contributed by atoms with Gasteiger partial charge in [0.25, 0.3) is 0 Å². The third kappa shape index (κ3) is 31.1.